The van der Waals surface area contributed by atoms with Crippen molar-refractivity contribution in [2.24, 2.45) is 11.7 Å². The summed E-state index contributed by atoms with van der Waals surface area (Å²) in [4.78, 5) is 2.50. The molecule has 0 radical (unpaired) electrons. The molecular weight excluding hydrogens is 212 g/mol. The van der Waals surface area contributed by atoms with Crippen LogP contribution < -0.4 is 5.73 Å². The molecule has 2 N–H and O–H groups in total. The second-order valence-corrected chi connectivity index (χ2v) is 5.37. The van der Waals surface area contributed by atoms with Gasteiger partial charge in [0.25, 0.3) is 0 Å². The SMILES string of the molecule is CCN(Cc1ccco1)C1(CN)CCC(C)C1. The minimum atomic E-state index is 0.195. The first kappa shape index (κ1) is 12.7. The molecule has 1 fully saturated rings. The van der Waals surface area contributed by atoms with E-state index in [1.54, 1.807) is 6.26 Å². The molecule has 3 heteroatoms. The largest absolute Gasteiger partial charge is 0.468 e. The maximum absolute atomic E-state index is 6.06. The lowest BCUT2D eigenvalue weighted by Gasteiger charge is -2.40. The van der Waals surface area contributed by atoms with Gasteiger partial charge in [0.1, 0.15) is 5.76 Å². The minimum Gasteiger partial charge on any atom is -0.468 e. The van der Waals surface area contributed by atoms with Gasteiger partial charge in [-0.25, -0.2) is 0 Å². The number of nitrogens with two attached hydrogens (primary N) is 1. The van der Waals surface area contributed by atoms with Crippen LogP contribution in [0.1, 0.15) is 38.9 Å². The molecule has 17 heavy (non-hydrogen) atoms. The summed E-state index contributed by atoms with van der Waals surface area (Å²) in [5.41, 5.74) is 6.26. The molecule has 96 valence electrons. The van der Waals surface area contributed by atoms with Crippen molar-refractivity contribution in [1.29, 1.82) is 0 Å². The van der Waals surface area contributed by atoms with Crippen LogP contribution >= 0.6 is 0 Å². The molecule has 0 saturated heterocycles. The van der Waals surface area contributed by atoms with Gasteiger partial charge in [0.2, 0.25) is 0 Å². The fourth-order valence-corrected chi connectivity index (χ4v) is 3.18. The topological polar surface area (TPSA) is 42.4 Å². The third kappa shape index (κ3) is 2.55. The van der Waals surface area contributed by atoms with Crippen LogP contribution in [-0.4, -0.2) is 23.5 Å². The van der Waals surface area contributed by atoms with Gasteiger partial charge in [-0.1, -0.05) is 13.8 Å². The van der Waals surface area contributed by atoms with Gasteiger partial charge < -0.3 is 10.2 Å². The van der Waals surface area contributed by atoms with Crippen LogP contribution in [0.4, 0.5) is 0 Å². The van der Waals surface area contributed by atoms with Crippen molar-refractivity contribution in [2.45, 2.75) is 45.2 Å². The molecule has 1 aromatic rings. The average Bonchev–Trinajstić information content (AvgIpc) is 2.96. The van der Waals surface area contributed by atoms with Crippen LogP contribution in [0.2, 0.25) is 0 Å². The summed E-state index contributed by atoms with van der Waals surface area (Å²) in [5, 5.41) is 0. The summed E-state index contributed by atoms with van der Waals surface area (Å²) in [6, 6.07) is 4.00. The van der Waals surface area contributed by atoms with Crippen LogP contribution in [0, 0.1) is 5.92 Å². The zero-order valence-electron chi connectivity index (χ0n) is 11.0. The Kier molecular flexibility index (Phi) is 3.89. The Labute approximate surface area is 104 Å². The fraction of sp³-hybridized carbons (Fsp3) is 0.714. The summed E-state index contributed by atoms with van der Waals surface area (Å²) in [7, 11) is 0. The average molecular weight is 236 g/mol. The monoisotopic (exact) mass is 236 g/mol. The van der Waals surface area contributed by atoms with Gasteiger partial charge in [-0.2, -0.15) is 0 Å². The van der Waals surface area contributed by atoms with E-state index in [9.17, 15) is 0 Å². The molecule has 3 nitrogen and oxygen atoms in total. The minimum absolute atomic E-state index is 0.195. The van der Waals surface area contributed by atoms with E-state index in [4.69, 9.17) is 10.2 Å². The quantitative estimate of drug-likeness (QED) is 0.854. The van der Waals surface area contributed by atoms with Crippen LogP contribution in [0.25, 0.3) is 0 Å². The summed E-state index contributed by atoms with van der Waals surface area (Å²) < 4.78 is 5.46. The molecule has 1 saturated carbocycles. The summed E-state index contributed by atoms with van der Waals surface area (Å²) in [6.07, 6.45) is 5.48. The van der Waals surface area contributed by atoms with Crippen LogP contribution in [0.15, 0.2) is 22.8 Å². The van der Waals surface area contributed by atoms with Crippen molar-refractivity contribution < 1.29 is 4.42 Å². The molecular formula is C14H24N2O. The van der Waals surface area contributed by atoms with Crippen LogP contribution in [0.5, 0.6) is 0 Å². The third-order valence-corrected chi connectivity index (χ3v) is 4.19. The van der Waals surface area contributed by atoms with E-state index in [1.165, 1.54) is 19.3 Å². The maximum atomic E-state index is 6.06. The van der Waals surface area contributed by atoms with E-state index < -0.39 is 0 Å². The number of hydrogen-bond donors (Lipinski definition) is 1. The zero-order valence-corrected chi connectivity index (χ0v) is 11.0. The van der Waals surface area contributed by atoms with Gasteiger partial charge in [-0.15, -0.1) is 0 Å². The van der Waals surface area contributed by atoms with Crippen molar-refractivity contribution in [3.05, 3.63) is 24.2 Å². The molecule has 0 amide bonds. The van der Waals surface area contributed by atoms with Crippen LogP contribution in [0.3, 0.4) is 0 Å². The predicted octanol–water partition coefficient (Wildman–Crippen LogP) is 2.62. The lowest BCUT2D eigenvalue weighted by Crippen LogP contribution is -2.51. The molecule has 1 heterocycles. The lowest BCUT2D eigenvalue weighted by molar-refractivity contribution is 0.0858. The first-order valence-electron chi connectivity index (χ1n) is 6.67. The predicted molar refractivity (Wildman–Crippen MR) is 69.6 cm³/mol. The van der Waals surface area contributed by atoms with Crippen molar-refractivity contribution in [2.75, 3.05) is 13.1 Å². The van der Waals surface area contributed by atoms with E-state index in [2.05, 4.69) is 18.7 Å². The van der Waals surface area contributed by atoms with Gasteiger partial charge in [-0.05, 0) is 43.9 Å². The molecule has 0 aromatic carbocycles. The highest BCUT2D eigenvalue weighted by Crippen LogP contribution is 2.38. The Morgan fingerprint density at radius 1 is 1.59 bits per heavy atom. The Morgan fingerprint density at radius 2 is 2.41 bits per heavy atom. The molecule has 1 aliphatic carbocycles. The first-order valence-corrected chi connectivity index (χ1v) is 6.67. The third-order valence-electron chi connectivity index (χ3n) is 4.19. The highest BCUT2D eigenvalue weighted by atomic mass is 16.3. The second-order valence-electron chi connectivity index (χ2n) is 5.37. The lowest BCUT2D eigenvalue weighted by atomic mass is 9.93. The Balaban J connectivity index is 2.10. The molecule has 2 unspecified atom stereocenters. The Bertz CT molecular complexity index is 336. The van der Waals surface area contributed by atoms with E-state index >= 15 is 0 Å². The smallest absolute Gasteiger partial charge is 0.117 e. The molecule has 2 rings (SSSR count). The Hall–Kier alpha value is -0.800. The fourth-order valence-electron chi connectivity index (χ4n) is 3.18. The summed E-state index contributed by atoms with van der Waals surface area (Å²) in [5.74, 6) is 1.84. The van der Waals surface area contributed by atoms with Gasteiger partial charge in [0.15, 0.2) is 0 Å². The second kappa shape index (κ2) is 5.23. The van der Waals surface area contributed by atoms with E-state index in [-0.39, 0.29) is 5.54 Å². The van der Waals surface area contributed by atoms with Gasteiger partial charge in [0.05, 0.1) is 12.8 Å². The van der Waals surface area contributed by atoms with Crippen molar-refractivity contribution in [1.82, 2.24) is 4.90 Å². The molecule has 0 bridgehead atoms. The first-order chi connectivity index (χ1) is 8.20. The highest BCUT2D eigenvalue weighted by Gasteiger charge is 2.40. The van der Waals surface area contributed by atoms with E-state index in [1.807, 2.05) is 12.1 Å². The molecule has 0 aliphatic heterocycles. The van der Waals surface area contributed by atoms with Crippen LogP contribution in [-0.2, 0) is 6.54 Å². The molecule has 0 spiro atoms. The van der Waals surface area contributed by atoms with E-state index in [0.29, 0.717) is 0 Å². The number of nitrogens with zero attached hydrogens (tertiary/aromatic N) is 1. The van der Waals surface area contributed by atoms with Crippen molar-refractivity contribution in [3.8, 4) is 0 Å². The van der Waals surface area contributed by atoms with Gasteiger partial charge in [-0.3, -0.25) is 4.90 Å². The van der Waals surface area contributed by atoms with Crippen molar-refractivity contribution in [3.63, 3.8) is 0 Å². The van der Waals surface area contributed by atoms with E-state index in [0.717, 1.165) is 31.3 Å². The van der Waals surface area contributed by atoms with Gasteiger partial charge >= 0.3 is 0 Å². The summed E-state index contributed by atoms with van der Waals surface area (Å²) >= 11 is 0. The Morgan fingerprint density at radius 3 is 2.88 bits per heavy atom. The number of furan rings is 1. The summed E-state index contributed by atoms with van der Waals surface area (Å²) in [6.45, 7) is 7.21. The number of rotatable bonds is 5. The van der Waals surface area contributed by atoms with Crippen molar-refractivity contribution >= 4 is 0 Å². The number of likely N-dealkylation sites (N-methyl/N-ethyl adjacent to an activating group) is 1. The maximum Gasteiger partial charge on any atom is 0.117 e. The molecule has 1 aromatic heterocycles. The van der Waals surface area contributed by atoms with Gasteiger partial charge in [0, 0.05) is 12.1 Å². The molecule has 2 atom stereocenters. The highest BCUT2D eigenvalue weighted by molar-refractivity contribution is 5.03. The zero-order chi connectivity index (χ0) is 12.3. The normalized spacial score (nSPS) is 29.1. The molecule has 1 aliphatic rings. The standard InChI is InChI=1S/C14H24N2O/c1-3-16(10-13-5-4-8-17-13)14(11-15)7-6-12(2)9-14/h4-5,8,12H,3,6-7,9-11,15H2,1-2H3. The number of hydrogen-bond acceptors (Lipinski definition) is 3.